The summed E-state index contributed by atoms with van der Waals surface area (Å²) < 4.78 is 41.1. The molecule has 0 unspecified atom stereocenters. The first kappa shape index (κ1) is 17.6. The van der Waals surface area contributed by atoms with Crippen LogP contribution in [-0.4, -0.2) is 41.5 Å². The molecule has 7 nitrogen and oxygen atoms in total. The van der Waals surface area contributed by atoms with Gasteiger partial charge in [0, 0.05) is 25.8 Å². The number of halogens is 1. The van der Waals surface area contributed by atoms with Gasteiger partial charge in [-0.15, -0.1) is 0 Å². The number of carbonyl (C=O) groups excluding carboxylic acids is 1. The Bertz CT molecular complexity index is 864. The average Bonchev–Trinajstić information content (AvgIpc) is 3.24. The lowest BCUT2D eigenvalue weighted by molar-refractivity contribution is -0.119. The van der Waals surface area contributed by atoms with Crippen LogP contribution in [0.15, 0.2) is 41.6 Å². The molecule has 0 spiro atoms. The van der Waals surface area contributed by atoms with E-state index in [1.54, 1.807) is 17.1 Å². The SMILES string of the molecule is CCn1cc(NC(=O)[C@@H]2CCN(S(=O)(=O)c3ccc(F)cc3)C2)cn1. The highest BCUT2D eigenvalue weighted by Crippen LogP contribution is 2.25. The van der Waals surface area contributed by atoms with E-state index in [4.69, 9.17) is 0 Å². The Morgan fingerprint density at radius 2 is 2.08 bits per heavy atom. The zero-order valence-corrected chi connectivity index (χ0v) is 14.5. The van der Waals surface area contributed by atoms with Crippen molar-refractivity contribution in [3.05, 3.63) is 42.5 Å². The Morgan fingerprint density at radius 1 is 1.36 bits per heavy atom. The Kier molecular flexibility index (Phi) is 4.87. The summed E-state index contributed by atoms with van der Waals surface area (Å²) in [5.41, 5.74) is 0.590. The molecule has 1 aliphatic heterocycles. The lowest BCUT2D eigenvalue weighted by Crippen LogP contribution is -2.31. The Hall–Kier alpha value is -2.26. The van der Waals surface area contributed by atoms with Gasteiger partial charge >= 0.3 is 0 Å². The number of aryl methyl sites for hydroxylation is 1. The summed E-state index contributed by atoms with van der Waals surface area (Å²) in [6, 6.07) is 4.69. The molecule has 1 N–H and O–H groups in total. The van der Waals surface area contributed by atoms with E-state index in [0.717, 1.165) is 12.1 Å². The summed E-state index contributed by atoms with van der Waals surface area (Å²) in [4.78, 5) is 12.4. The summed E-state index contributed by atoms with van der Waals surface area (Å²) in [6.07, 6.45) is 3.72. The molecule has 134 valence electrons. The number of rotatable bonds is 5. The van der Waals surface area contributed by atoms with Crippen molar-refractivity contribution in [3.8, 4) is 0 Å². The lowest BCUT2D eigenvalue weighted by Gasteiger charge is -2.16. The van der Waals surface area contributed by atoms with Gasteiger partial charge in [0.25, 0.3) is 0 Å². The van der Waals surface area contributed by atoms with E-state index in [-0.39, 0.29) is 23.9 Å². The number of amides is 1. The van der Waals surface area contributed by atoms with Crippen LogP contribution in [-0.2, 0) is 21.4 Å². The fourth-order valence-electron chi connectivity index (χ4n) is 2.76. The van der Waals surface area contributed by atoms with Gasteiger partial charge in [0.15, 0.2) is 0 Å². The highest BCUT2D eigenvalue weighted by Gasteiger charge is 2.35. The molecule has 3 rings (SSSR count). The number of hydrogen-bond donors (Lipinski definition) is 1. The molecule has 0 saturated carbocycles. The minimum atomic E-state index is -3.72. The normalized spacial score (nSPS) is 18.4. The topological polar surface area (TPSA) is 84.3 Å². The van der Waals surface area contributed by atoms with Gasteiger partial charge in [0.2, 0.25) is 15.9 Å². The number of benzene rings is 1. The number of anilines is 1. The maximum atomic E-state index is 13.0. The lowest BCUT2D eigenvalue weighted by atomic mass is 10.1. The maximum absolute atomic E-state index is 13.0. The van der Waals surface area contributed by atoms with Crippen LogP contribution in [0.1, 0.15) is 13.3 Å². The monoisotopic (exact) mass is 366 g/mol. The second-order valence-electron chi connectivity index (χ2n) is 5.88. The van der Waals surface area contributed by atoms with Crippen molar-refractivity contribution in [2.75, 3.05) is 18.4 Å². The fourth-order valence-corrected chi connectivity index (χ4v) is 4.26. The summed E-state index contributed by atoms with van der Waals surface area (Å²) in [5.74, 6) is -1.15. The van der Waals surface area contributed by atoms with Gasteiger partial charge in [-0.05, 0) is 37.6 Å². The van der Waals surface area contributed by atoms with Crippen molar-refractivity contribution in [3.63, 3.8) is 0 Å². The van der Waals surface area contributed by atoms with Crippen LogP contribution >= 0.6 is 0 Å². The van der Waals surface area contributed by atoms with Crippen LogP contribution in [0.2, 0.25) is 0 Å². The number of sulfonamides is 1. The van der Waals surface area contributed by atoms with Crippen LogP contribution < -0.4 is 5.32 Å². The quantitative estimate of drug-likeness (QED) is 0.873. The van der Waals surface area contributed by atoms with Gasteiger partial charge in [0.05, 0.1) is 22.7 Å². The zero-order chi connectivity index (χ0) is 18.0. The van der Waals surface area contributed by atoms with Crippen LogP contribution in [0.4, 0.5) is 10.1 Å². The van der Waals surface area contributed by atoms with E-state index in [2.05, 4.69) is 10.4 Å². The zero-order valence-electron chi connectivity index (χ0n) is 13.7. The molecule has 1 aliphatic rings. The van der Waals surface area contributed by atoms with E-state index >= 15 is 0 Å². The maximum Gasteiger partial charge on any atom is 0.243 e. The summed E-state index contributed by atoms with van der Waals surface area (Å²) in [5, 5.41) is 6.84. The van der Waals surface area contributed by atoms with Crippen molar-refractivity contribution in [1.82, 2.24) is 14.1 Å². The second-order valence-corrected chi connectivity index (χ2v) is 7.81. The molecule has 1 aromatic carbocycles. The predicted octanol–water partition coefficient (Wildman–Crippen LogP) is 1.69. The minimum Gasteiger partial charge on any atom is -0.323 e. The van der Waals surface area contributed by atoms with E-state index in [9.17, 15) is 17.6 Å². The number of nitrogens with zero attached hydrogens (tertiary/aromatic N) is 3. The third-order valence-electron chi connectivity index (χ3n) is 4.20. The van der Waals surface area contributed by atoms with Gasteiger partial charge in [-0.2, -0.15) is 9.40 Å². The molecule has 1 aromatic heterocycles. The molecule has 1 atom stereocenters. The summed E-state index contributed by atoms with van der Waals surface area (Å²) in [6.45, 7) is 3.00. The highest BCUT2D eigenvalue weighted by molar-refractivity contribution is 7.89. The minimum absolute atomic E-state index is 0.0270. The number of aromatic nitrogens is 2. The summed E-state index contributed by atoms with van der Waals surface area (Å²) in [7, 11) is -3.72. The van der Waals surface area contributed by atoms with Gasteiger partial charge in [0.1, 0.15) is 5.82 Å². The Balaban J connectivity index is 1.66. The molecule has 25 heavy (non-hydrogen) atoms. The molecular formula is C16H19FN4O3S. The fraction of sp³-hybridized carbons (Fsp3) is 0.375. The van der Waals surface area contributed by atoms with E-state index in [1.807, 2.05) is 6.92 Å². The van der Waals surface area contributed by atoms with E-state index < -0.39 is 21.8 Å². The Labute approximate surface area is 145 Å². The molecule has 0 radical (unpaired) electrons. The third-order valence-corrected chi connectivity index (χ3v) is 6.08. The largest absolute Gasteiger partial charge is 0.323 e. The third kappa shape index (κ3) is 3.72. The van der Waals surface area contributed by atoms with Gasteiger partial charge in [-0.25, -0.2) is 12.8 Å². The van der Waals surface area contributed by atoms with Gasteiger partial charge in [-0.3, -0.25) is 9.48 Å². The van der Waals surface area contributed by atoms with Crippen molar-refractivity contribution in [1.29, 1.82) is 0 Å². The second kappa shape index (κ2) is 6.93. The van der Waals surface area contributed by atoms with Crippen LogP contribution in [0.5, 0.6) is 0 Å². The van der Waals surface area contributed by atoms with Gasteiger partial charge < -0.3 is 5.32 Å². The smallest absolute Gasteiger partial charge is 0.243 e. The van der Waals surface area contributed by atoms with Crippen LogP contribution in [0, 0.1) is 11.7 Å². The first-order valence-corrected chi connectivity index (χ1v) is 9.43. The molecule has 9 heteroatoms. The van der Waals surface area contributed by atoms with E-state index in [1.165, 1.54) is 16.4 Å². The average molecular weight is 366 g/mol. The highest BCUT2D eigenvalue weighted by atomic mass is 32.2. The first-order chi connectivity index (χ1) is 11.9. The molecule has 0 bridgehead atoms. The molecule has 2 aromatic rings. The summed E-state index contributed by atoms with van der Waals surface area (Å²) >= 11 is 0. The van der Waals surface area contributed by atoms with E-state index in [0.29, 0.717) is 18.7 Å². The van der Waals surface area contributed by atoms with Crippen molar-refractivity contribution < 1.29 is 17.6 Å². The Morgan fingerprint density at radius 3 is 2.72 bits per heavy atom. The molecule has 1 amide bonds. The van der Waals surface area contributed by atoms with Gasteiger partial charge in [-0.1, -0.05) is 0 Å². The molecule has 1 fully saturated rings. The molecule has 2 heterocycles. The predicted molar refractivity (Wildman–Crippen MR) is 89.8 cm³/mol. The number of nitrogens with one attached hydrogen (secondary N) is 1. The van der Waals surface area contributed by atoms with Crippen LogP contribution in [0.25, 0.3) is 0 Å². The first-order valence-electron chi connectivity index (χ1n) is 7.99. The molecule has 1 saturated heterocycles. The van der Waals surface area contributed by atoms with Crippen molar-refractivity contribution >= 4 is 21.6 Å². The molecule has 0 aliphatic carbocycles. The standard InChI is InChI=1S/C16H19FN4O3S/c1-2-20-11-14(9-18-20)19-16(22)12-7-8-21(10-12)25(23,24)15-5-3-13(17)4-6-15/h3-6,9,11-12H,2,7-8,10H2,1H3,(H,19,22)/t12-/m1/s1. The number of carbonyl (C=O) groups is 1. The van der Waals surface area contributed by atoms with Crippen molar-refractivity contribution in [2.24, 2.45) is 5.92 Å². The van der Waals surface area contributed by atoms with Crippen molar-refractivity contribution in [2.45, 2.75) is 24.8 Å². The van der Waals surface area contributed by atoms with Crippen LogP contribution in [0.3, 0.4) is 0 Å². The number of hydrogen-bond acceptors (Lipinski definition) is 4. The molecular weight excluding hydrogens is 347 g/mol.